The summed E-state index contributed by atoms with van der Waals surface area (Å²) in [6.07, 6.45) is 3.21. The Morgan fingerprint density at radius 1 is 1.29 bits per heavy atom. The molecule has 1 atom stereocenters. The van der Waals surface area contributed by atoms with Crippen molar-refractivity contribution >= 4 is 5.91 Å². The van der Waals surface area contributed by atoms with E-state index in [0.717, 1.165) is 50.2 Å². The number of benzene rings is 1. The Kier molecular flexibility index (Phi) is 5.36. The molecule has 4 nitrogen and oxygen atoms in total. The molecule has 1 saturated heterocycles. The number of furan rings is 1. The van der Waals surface area contributed by atoms with Crippen molar-refractivity contribution in [2.75, 3.05) is 19.6 Å². The van der Waals surface area contributed by atoms with E-state index in [0.29, 0.717) is 5.76 Å². The number of amides is 1. The minimum absolute atomic E-state index is 0.0875. The maximum atomic E-state index is 12.4. The zero-order valence-corrected chi connectivity index (χ0v) is 14.5. The molecule has 3 rings (SSSR count). The van der Waals surface area contributed by atoms with Crippen LogP contribution in [0.5, 0.6) is 0 Å². The van der Waals surface area contributed by atoms with Crippen molar-refractivity contribution in [3.63, 3.8) is 0 Å². The predicted molar refractivity (Wildman–Crippen MR) is 95.3 cm³/mol. The Labute approximate surface area is 143 Å². The van der Waals surface area contributed by atoms with Gasteiger partial charge in [0.2, 0.25) is 0 Å². The Hall–Kier alpha value is -2.07. The first-order valence-electron chi connectivity index (χ1n) is 8.76. The molecule has 1 unspecified atom stereocenters. The Morgan fingerprint density at radius 2 is 2.08 bits per heavy atom. The number of hydrogen-bond donors (Lipinski definition) is 1. The van der Waals surface area contributed by atoms with E-state index < -0.39 is 0 Å². The predicted octanol–water partition coefficient (Wildman–Crippen LogP) is 3.33. The standard InChI is InChI=1S/C20H26N2O2/c1-15-13-16(2)24-19(15)20(23)21-18-9-6-11-22(14-18)12-10-17-7-4-3-5-8-17/h3-5,7-8,13,18H,6,9-12,14H2,1-2H3,(H,21,23). The number of rotatable bonds is 5. The van der Waals surface area contributed by atoms with Gasteiger partial charge in [-0.05, 0) is 51.3 Å². The average molecular weight is 326 g/mol. The maximum absolute atomic E-state index is 12.4. The molecule has 1 aliphatic heterocycles. The number of carbonyl (C=O) groups is 1. The van der Waals surface area contributed by atoms with Crippen molar-refractivity contribution in [2.24, 2.45) is 0 Å². The molecular weight excluding hydrogens is 300 g/mol. The van der Waals surface area contributed by atoms with Crippen LogP contribution in [0.3, 0.4) is 0 Å². The Morgan fingerprint density at radius 3 is 2.79 bits per heavy atom. The van der Waals surface area contributed by atoms with Crippen LogP contribution in [0.1, 0.15) is 40.3 Å². The van der Waals surface area contributed by atoms with Gasteiger partial charge in [-0.25, -0.2) is 0 Å². The van der Waals surface area contributed by atoms with E-state index in [9.17, 15) is 4.79 Å². The topological polar surface area (TPSA) is 45.5 Å². The molecule has 1 N–H and O–H groups in total. The highest BCUT2D eigenvalue weighted by atomic mass is 16.3. The third-order valence-corrected chi connectivity index (χ3v) is 4.65. The lowest BCUT2D eigenvalue weighted by Crippen LogP contribution is -2.48. The van der Waals surface area contributed by atoms with Crippen molar-refractivity contribution in [3.8, 4) is 0 Å². The van der Waals surface area contributed by atoms with E-state index in [1.807, 2.05) is 26.0 Å². The monoisotopic (exact) mass is 326 g/mol. The molecular formula is C20H26N2O2. The highest BCUT2D eigenvalue weighted by Gasteiger charge is 2.23. The number of hydrogen-bond acceptors (Lipinski definition) is 3. The summed E-state index contributed by atoms with van der Waals surface area (Å²) in [4.78, 5) is 14.9. The van der Waals surface area contributed by atoms with E-state index in [4.69, 9.17) is 4.42 Å². The highest BCUT2D eigenvalue weighted by Crippen LogP contribution is 2.16. The fraction of sp³-hybridized carbons (Fsp3) is 0.450. The Bertz CT molecular complexity index is 678. The van der Waals surface area contributed by atoms with E-state index in [1.165, 1.54) is 5.56 Å². The summed E-state index contributed by atoms with van der Waals surface area (Å²) in [5.41, 5.74) is 2.27. The number of likely N-dealkylation sites (tertiary alicyclic amines) is 1. The SMILES string of the molecule is Cc1cc(C)c(C(=O)NC2CCCN(CCc3ccccc3)C2)o1. The van der Waals surface area contributed by atoms with Gasteiger partial charge in [-0.2, -0.15) is 0 Å². The minimum atomic E-state index is -0.0875. The summed E-state index contributed by atoms with van der Waals surface area (Å²) in [5, 5.41) is 3.14. The van der Waals surface area contributed by atoms with E-state index in [1.54, 1.807) is 0 Å². The summed E-state index contributed by atoms with van der Waals surface area (Å²) in [7, 11) is 0. The van der Waals surface area contributed by atoms with Crippen LogP contribution >= 0.6 is 0 Å². The summed E-state index contributed by atoms with van der Waals surface area (Å²) in [5.74, 6) is 1.15. The first kappa shape index (κ1) is 16.8. The van der Waals surface area contributed by atoms with Crippen LogP contribution in [-0.2, 0) is 6.42 Å². The van der Waals surface area contributed by atoms with Crippen molar-refractivity contribution in [2.45, 2.75) is 39.2 Å². The average Bonchev–Trinajstić information content (AvgIpc) is 2.93. The van der Waals surface area contributed by atoms with Gasteiger partial charge >= 0.3 is 0 Å². The van der Waals surface area contributed by atoms with Gasteiger partial charge in [0.1, 0.15) is 5.76 Å². The van der Waals surface area contributed by atoms with Gasteiger partial charge in [-0.15, -0.1) is 0 Å². The van der Waals surface area contributed by atoms with Gasteiger partial charge in [0, 0.05) is 24.7 Å². The molecule has 0 aliphatic carbocycles. The van der Waals surface area contributed by atoms with Crippen LogP contribution < -0.4 is 5.32 Å². The fourth-order valence-corrected chi connectivity index (χ4v) is 3.43. The van der Waals surface area contributed by atoms with Gasteiger partial charge in [-0.3, -0.25) is 4.79 Å². The van der Waals surface area contributed by atoms with Gasteiger partial charge in [0.05, 0.1) is 0 Å². The van der Waals surface area contributed by atoms with Crippen LogP contribution in [0.15, 0.2) is 40.8 Å². The third-order valence-electron chi connectivity index (χ3n) is 4.65. The lowest BCUT2D eigenvalue weighted by atomic mass is 10.0. The number of aryl methyl sites for hydroxylation is 2. The third kappa shape index (κ3) is 4.26. The lowest BCUT2D eigenvalue weighted by molar-refractivity contribution is 0.0874. The van der Waals surface area contributed by atoms with Gasteiger partial charge < -0.3 is 14.6 Å². The quantitative estimate of drug-likeness (QED) is 0.916. The minimum Gasteiger partial charge on any atom is -0.456 e. The van der Waals surface area contributed by atoms with Crippen molar-refractivity contribution in [1.82, 2.24) is 10.2 Å². The van der Waals surface area contributed by atoms with E-state index >= 15 is 0 Å². The normalized spacial score (nSPS) is 18.5. The van der Waals surface area contributed by atoms with Crippen molar-refractivity contribution < 1.29 is 9.21 Å². The molecule has 1 fully saturated rings. The molecule has 0 saturated carbocycles. The molecule has 2 aromatic rings. The van der Waals surface area contributed by atoms with Gasteiger partial charge in [-0.1, -0.05) is 30.3 Å². The first-order valence-corrected chi connectivity index (χ1v) is 8.76. The molecule has 1 amide bonds. The molecule has 0 radical (unpaired) electrons. The molecule has 1 aromatic carbocycles. The van der Waals surface area contributed by atoms with Crippen molar-refractivity contribution in [1.29, 1.82) is 0 Å². The highest BCUT2D eigenvalue weighted by molar-refractivity contribution is 5.93. The summed E-state index contributed by atoms with van der Waals surface area (Å²) in [6.45, 7) is 6.85. The second kappa shape index (κ2) is 7.67. The molecule has 0 bridgehead atoms. The van der Waals surface area contributed by atoms with Gasteiger partial charge in [0.25, 0.3) is 5.91 Å². The largest absolute Gasteiger partial charge is 0.456 e. The Balaban J connectivity index is 1.52. The zero-order chi connectivity index (χ0) is 16.9. The van der Waals surface area contributed by atoms with Crippen LogP contribution in [-0.4, -0.2) is 36.5 Å². The van der Waals surface area contributed by atoms with Crippen LogP contribution in [0.4, 0.5) is 0 Å². The zero-order valence-electron chi connectivity index (χ0n) is 14.5. The second-order valence-electron chi connectivity index (χ2n) is 6.72. The van der Waals surface area contributed by atoms with E-state index in [2.05, 4.69) is 34.5 Å². The maximum Gasteiger partial charge on any atom is 0.287 e. The second-order valence-corrected chi connectivity index (χ2v) is 6.72. The molecule has 2 heterocycles. The molecule has 24 heavy (non-hydrogen) atoms. The number of piperidine rings is 1. The number of carbonyl (C=O) groups excluding carboxylic acids is 1. The number of nitrogens with one attached hydrogen (secondary N) is 1. The molecule has 1 aromatic heterocycles. The van der Waals surface area contributed by atoms with Gasteiger partial charge in [0.15, 0.2) is 5.76 Å². The van der Waals surface area contributed by atoms with Crippen LogP contribution in [0.2, 0.25) is 0 Å². The van der Waals surface area contributed by atoms with Crippen molar-refractivity contribution in [3.05, 3.63) is 59.0 Å². The molecule has 1 aliphatic rings. The van der Waals surface area contributed by atoms with Crippen LogP contribution in [0, 0.1) is 13.8 Å². The van der Waals surface area contributed by atoms with Crippen LogP contribution in [0.25, 0.3) is 0 Å². The molecule has 4 heteroatoms. The summed E-state index contributed by atoms with van der Waals surface area (Å²) in [6, 6.07) is 12.7. The summed E-state index contributed by atoms with van der Waals surface area (Å²) < 4.78 is 5.52. The first-order chi connectivity index (χ1) is 11.6. The van der Waals surface area contributed by atoms with E-state index in [-0.39, 0.29) is 11.9 Å². The number of nitrogens with zero attached hydrogens (tertiary/aromatic N) is 1. The summed E-state index contributed by atoms with van der Waals surface area (Å²) >= 11 is 0. The molecule has 0 spiro atoms. The smallest absolute Gasteiger partial charge is 0.287 e. The lowest BCUT2D eigenvalue weighted by Gasteiger charge is -2.33. The fourth-order valence-electron chi connectivity index (χ4n) is 3.43. The molecule has 128 valence electrons.